The Hall–Kier alpha value is -2.76. The summed E-state index contributed by atoms with van der Waals surface area (Å²) < 4.78 is 26.5. The van der Waals surface area contributed by atoms with E-state index in [1.807, 2.05) is 12.1 Å². The second-order valence-corrected chi connectivity index (χ2v) is 5.01. The van der Waals surface area contributed by atoms with E-state index in [9.17, 15) is 18.4 Å². The Balaban J connectivity index is 1.88. The molecule has 2 aromatic rings. The number of halogens is 2. The number of benzene rings is 2. The second-order valence-electron chi connectivity index (χ2n) is 5.01. The van der Waals surface area contributed by atoms with Crippen LogP contribution >= 0.6 is 0 Å². The van der Waals surface area contributed by atoms with Crippen molar-refractivity contribution < 1.29 is 18.4 Å². The van der Waals surface area contributed by atoms with Crippen LogP contribution in [0.1, 0.15) is 22.8 Å². The highest BCUT2D eigenvalue weighted by atomic mass is 19.1. The quantitative estimate of drug-likeness (QED) is 0.890. The Kier molecular flexibility index (Phi) is 5.41. The molecule has 2 aromatic carbocycles. The predicted octanol–water partition coefficient (Wildman–Crippen LogP) is 2.90. The molecule has 0 saturated carbocycles. The number of carbonyl (C=O) groups excluding carboxylic acids is 2. The van der Waals surface area contributed by atoms with Gasteiger partial charge in [-0.3, -0.25) is 9.59 Å². The first-order valence-electron chi connectivity index (χ1n) is 7.05. The molecule has 0 bridgehead atoms. The number of rotatable bonds is 5. The Morgan fingerprint density at radius 3 is 2.39 bits per heavy atom. The summed E-state index contributed by atoms with van der Waals surface area (Å²) in [6.45, 7) is 1.71. The summed E-state index contributed by atoms with van der Waals surface area (Å²) in [7, 11) is 0. The smallest absolute Gasteiger partial charge is 0.254 e. The summed E-state index contributed by atoms with van der Waals surface area (Å²) in [5.41, 5.74) is 1.32. The molecule has 6 heteroatoms. The highest BCUT2D eigenvalue weighted by Crippen LogP contribution is 2.11. The number of hydrogen-bond acceptors (Lipinski definition) is 2. The lowest BCUT2D eigenvalue weighted by Gasteiger charge is -2.07. The Morgan fingerprint density at radius 1 is 1.04 bits per heavy atom. The average Bonchev–Trinajstić information content (AvgIpc) is 2.51. The lowest BCUT2D eigenvalue weighted by Crippen LogP contribution is -2.26. The van der Waals surface area contributed by atoms with E-state index < -0.39 is 17.5 Å². The van der Waals surface area contributed by atoms with Crippen molar-refractivity contribution in [3.8, 4) is 0 Å². The topological polar surface area (TPSA) is 58.2 Å². The van der Waals surface area contributed by atoms with Crippen molar-refractivity contribution in [3.63, 3.8) is 0 Å². The summed E-state index contributed by atoms with van der Waals surface area (Å²) in [6, 6.07) is 9.90. The molecule has 2 rings (SSSR count). The van der Waals surface area contributed by atoms with Gasteiger partial charge < -0.3 is 10.6 Å². The van der Waals surface area contributed by atoms with Crippen LogP contribution in [-0.4, -0.2) is 18.4 Å². The second kappa shape index (κ2) is 7.49. The van der Waals surface area contributed by atoms with Crippen molar-refractivity contribution in [2.75, 3.05) is 11.9 Å². The molecule has 4 nitrogen and oxygen atoms in total. The highest BCUT2D eigenvalue weighted by molar-refractivity contribution is 5.94. The largest absolute Gasteiger partial charge is 0.352 e. The van der Waals surface area contributed by atoms with Gasteiger partial charge in [-0.05, 0) is 42.3 Å². The molecule has 0 radical (unpaired) electrons. The van der Waals surface area contributed by atoms with Crippen molar-refractivity contribution in [2.24, 2.45) is 0 Å². The standard InChI is InChI=1S/C17H16F2N2O2/c1-11(22)21-14-5-2-12(3-6-14)8-9-20-17(23)15-10-13(18)4-7-16(15)19/h2-7,10H,8-9H2,1H3,(H,20,23)(H,21,22). The van der Waals surface area contributed by atoms with Crippen LogP contribution in [0.25, 0.3) is 0 Å². The van der Waals surface area contributed by atoms with E-state index in [1.165, 1.54) is 6.92 Å². The molecule has 0 aromatic heterocycles. The summed E-state index contributed by atoms with van der Waals surface area (Å²) >= 11 is 0. The van der Waals surface area contributed by atoms with Crippen LogP contribution in [0.2, 0.25) is 0 Å². The van der Waals surface area contributed by atoms with Gasteiger partial charge in [0.05, 0.1) is 5.56 Å². The zero-order chi connectivity index (χ0) is 16.8. The zero-order valence-corrected chi connectivity index (χ0v) is 12.5. The molecule has 120 valence electrons. The highest BCUT2D eigenvalue weighted by Gasteiger charge is 2.12. The molecule has 0 aliphatic heterocycles. The minimum Gasteiger partial charge on any atom is -0.352 e. The van der Waals surface area contributed by atoms with Gasteiger partial charge in [0.15, 0.2) is 0 Å². The van der Waals surface area contributed by atoms with E-state index in [0.717, 1.165) is 23.8 Å². The summed E-state index contributed by atoms with van der Waals surface area (Å²) in [6.07, 6.45) is 0.531. The van der Waals surface area contributed by atoms with Gasteiger partial charge in [-0.2, -0.15) is 0 Å². The fraction of sp³-hybridized carbons (Fsp3) is 0.176. The summed E-state index contributed by atoms with van der Waals surface area (Å²) in [5, 5.41) is 5.20. The number of nitrogens with one attached hydrogen (secondary N) is 2. The number of hydrogen-bond donors (Lipinski definition) is 2. The van der Waals surface area contributed by atoms with Crippen LogP contribution in [-0.2, 0) is 11.2 Å². The molecule has 0 unspecified atom stereocenters. The van der Waals surface area contributed by atoms with Gasteiger partial charge in [-0.25, -0.2) is 8.78 Å². The normalized spacial score (nSPS) is 10.2. The maximum absolute atomic E-state index is 13.5. The van der Waals surface area contributed by atoms with E-state index in [0.29, 0.717) is 12.1 Å². The molecule has 2 N–H and O–H groups in total. The minimum absolute atomic E-state index is 0.151. The molecule has 0 aliphatic carbocycles. The summed E-state index contributed by atoms with van der Waals surface area (Å²) in [5.74, 6) is -2.23. The first-order chi connectivity index (χ1) is 11.0. The minimum atomic E-state index is -0.761. The Bertz CT molecular complexity index is 715. The molecule has 0 fully saturated rings. The van der Waals surface area contributed by atoms with E-state index >= 15 is 0 Å². The molecule has 0 saturated heterocycles. The fourth-order valence-corrected chi connectivity index (χ4v) is 2.05. The van der Waals surface area contributed by atoms with Crippen LogP contribution in [0.4, 0.5) is 14.5 Å². The van der Waals surface area contributed by atoms with Crippen LogP contribution in [0.5, 0.6) is 0 Å². The first-order valence-corrected chi connectivity index (χ1v) is 7.05. The molecule has 0 aliphatic rings. The maximum Gasteiger partial charge on any atom is 0.254 e. The van der Waals surface area contributed by atoms with Crippen molar-refractivity contribution >= 4 is 17.5 Å². The average molecular weight is 318 g/mol. The third kappa shape index (κ3) is 4.88. The third-order valence-electron chi connectivity index (χ3n) is 3.15. The van der Waals surface area contributed by atoms with Crippen LogP contribution in [0.15, 0.2) is 42.5 Å². The number of anilines is 1. The molecule has 0 spiro atoms. The maximum atomic E-state index is 13.5. The van der Waals surface area contributed by atoms with Crippen molar-refractivity contribution in [3.05, 3.63) is 65.2 Å². The lowest BCUT2D eigenvalue weighted by atomic mass is 10.1. The molecule has 0 heterocycles. The molecular formula is C17H16F2N2O2. The van der Waals surface area contributed by atoms with Crippen LogP contribution < -0.4 is 10.6 Å². The van der Waals surface area contributed by atoms with Gasteiger partial charge in [0, 0.05) is 19.2 Å². The molecule has 0 atom stereocenters. The first kappa shape index (κ1) is 16.6. The zero-order valence-electron chi connectivity index (χ0n) is 12.5. The monoisotopic (exact) mass is 318 g/mol. The third-order valence-corrected chi connectivity index (χ3v) is 3.15. The summed E-state index contributed by atoms with van der Waals surface area (Å²) in [4.78, 5) is 22.7. The van der Waals surface area contributed by atoms with Gasteiger partial charge in [-0.1, -0.05) is 12.1 Å². The predicted molar refractivity (Wildman–Crippen MR) is 83.1 cm³/mol. The van der Waals surface area contributed by atoms with Crippen LogP contribution in [0, 0.1) is 11.6 Å². The number of carbonyl (C=O) groups is 2. The molecule has 2 amide bonds. The Labute approximate surface area is 132 Å². The van der Waals surface area contributed by atoms with Crippen molar-refractivity contribution in [2.45, 2.75) is 13.3 Å². The van der Waals surface area contributed by atoms with Gasteiger partial charge >= 0.3 is 0 Å². The molecule has 23 heavy (non-hydrogen) atoms. The SMILES string of the molecule is CC(=O)Nc1ccc(CCNC(=O)c2cc(F)ccc2F)cc1. The van der Waals surface area contributed by atoms with Crippen molar-refractivity contribution in [1.82, 2.24) is 5.32 Å². The number of amides is 2. The van der Waals surface area contributed by atoms with Crippen molar-refractivity contribution in [1.29, 1.82) is 0 Å². The lowest BCUT2D eigenvalue weighted by molar-refractivity contribution is -0.114. The van der Waals surface area contributed by atoms with Gasteiger partial charge in [0.1, 0.15) is 11.6 Å². The Morgan fingerprint density at radius 2 is 1.74 bits per heavy atom. The van der Waals surface area contributed by atoms with Gasteiger partial charge in [0.25, 0.3) is 5.91 Å². The van der Waals surface area contributed by atoms with Gasteiger partial charge in [0.2, 0.25) is 5.91 Å². The fourth-order valence-electron chi connectivity index (χ4n) is 2.05. The van der Waals surface area contributed by atoms with Gasteiger partial charge in [-0.15, -0.1) is 0 Å². The van der Waals surface area contributed by atoms with E-state index in [4.69, 9.17) is 0 Å². The van der Waals surface area contributed by atoms with Crippen LogP contribution in [0.3, 0.4) is 0 Å². The molecular weight excluding hydrogens is 302 g/mol. The van der Waals surface area contributed by atoms with E-state index in [1.54, 1.807) is 12.1 Å². The van der Waals surface area contributed by atoms with E-state index in [2.05, 4.69) is 10.6 Å². The van der Waals surface area contributed by atoms with E-state index in [-0.39, 0.29) is 18.0 Å².